The molecule has 1 aliphatic heterocycles. The first kappa shape index (κ1) is 15.8. The van der Waals surface area contributed by atoms with Crippen LogP contribution in [-0.2, 0) is 4.74 Å². The van der Waals surface area contributed by atoms with E-state index < -0.39 is 0 Å². The second kappa shape index (κ2) is 7.46. The minimum absolute atomic E-state index is 0.144. The third kappa shape index (κ3) is 3.97. The number of piperidine rings is 1. The molecule has 1 aromatic rings. The summed E-state index contributed by atoms with van der Waals surface area (Å²) in [6, 6.07) is 6.03. The molecule has 2 rings (SSSR count). The summed E-state index contributed by atoms with van der Waals surface area (Å²) >= 11 is 0. The van der Waals surface area contributed by atoms with Gasteiger partial charge in [-0.3, -0.25) is 4.79 Å². The maximum Gasteiger partial charge on any atom is 0.255 e. The molecule has 0 saturated carbocycles. The van der Waals surface area contributed by atoms with E-state index in [1.54, 1.807) is 7.11 Å². The molecule has 0 aromatic heterocycles. The van der Waals surface area contributed by atoms with E-state index in [9.17, 15) is 4.79 Å². The van der Waals surface area contributed by atoms with Crippen molar-refractivity contribution in [1.82, 2.24) is 4.90 Å². The number of amides is 1. The molecule has 1 saturated heterocycles. The van der Waals surface area contributed by atoms with Crippen molar-refractivity contribution in [3.8, 4) is 0 Å². The minimum Gasteiger partial charge on any atom is -0.385 e. The van der Waals surface area contributed by atoms with Gasteiger partial charge in [-0.15, -0.1) is 0 Å². The fourth-order valence-electron chi connectivity index (χ4n) is 2.89. The molecule has 0 unspecified atom stereocenters. The van der Waals surface area contributed by atoms with Gasteiger partial charge in [0, 0.05) is 39.0 Å². The van der Waals surface area contributed by atoms with Gasteiger partial charge in [-0.1, -0.05) is 11.6 Å². The Morgan fingerprint density at radius 1 is 1.38 bits per heavy atom. The van der Waals surface area contributed by atoms with E-state index in [1.165, 1.54) is 0 Å². The summed E-state index contributed by atoms with van der Waals surface area (Å²) in [6.07, 6.45) is 2.06. The Morgan fingerprint density at radius 2 is 2.10 bits per heavy atom. The number of hydrogen-bond donors (Lipinski definition) is 1. The Hall–Kier alpha value is -1.55. The van der Waals surface area contributed by atoms with Crippen molar-refractivity contribution in [2.45, 2.75) is 26.7 Å². The van der Waals surface area contributed by atoms with Gasteiger partial charge in [-0.25, -0.2) is 0 Å². The van der Waals surface area contributed by atoms with Gasteiger partial charge in [0.15, 0.2) is 0 Å². The third-order valence-corrected chi connectivity index (χ3v) is 4.08. The zero-order chi connectivity index (χ0) is 15.2. The summed E-state index contributed by atoms with van der Waals surface area (Å²) in [5.41, 5.74) is 2.85. The van der Waals surface area contributed by atoms with E-state index >= 15 is 0 Å². The lowest BCUT2D eigenvalue weighted by Gasteiger charge is -2.32. The van der Waals surface area contributed by atoms with E-state index in [1.807, 2.05) is 36.9 Å². The van der Waals surface area contributed by atoms with Crippen molar-refractivity contribution in [3.05, 3.63) is 29.3 Å². The van der Waals surface area contributed by atoms with Crippen molar-refractivity contribution < 1.29 is 9.53 Å². The SMILES string of the molecule is CCNc1ccc(C)cc1C(=O)N1CCC(COC)CC1. The van der Waals surface area contributed by atoms with Crippen LogP contribution in [0.1, 0.15) is 35.7 Å². The lowest BCUT2D eigenvalue weighted by atomic mass is 9.97. The Kier molecular flexibility index (Phi) is 5.62. The van der Waals surface area contributed by atoms with E-state index in [-0.39, 0.29) is 5.91 Å². The molecule has 1 amide bonds. The van der Waals surface area contributed by atoms with Crippen molar-refractivity contribution >= 4 is 11.6 Å². The number of nitrogens with one attached hydrogen (secondary N) is 1. The van der Waals surface area contributed by atoms with Gasteiger partial charge in [0.2, 0.25) is 0 Å². The summed E-state index contributed by atoms with van der Waals surface area (Å²) in [5.74, 6) is 0.732. The van der Waals surface area contributed by atoms with Gasteiger partial charge in [-0.05, 0) is 44.7 Å². The molecule has 0 spiro atoms. The van der Waals surface area contributed by atoms with Crippen LogP contribution >= 0.6 is 0 Å². The molecule has 0 atom stereocenters. The highest BCUT2D eigenvalue weighted by Gasteiger charge is 2.25. The fourth-order valence-corrected chi connectivity index (χ4v) is 2.89. The average molecular weight is 290 g/mol. The van der Waals surface area contributed by atoms with Crippen LogP contribution in [0.2, 0.25) is 0 Å². The Morgan fingerprint density at radius 3 is 2.71 bits per heavy atom. The number of methoxy groups -OCH3 is 1. The molecule has 1 fully saturated rings. The van der Waals surface area contributed by atoms with Crippen LogP contribution in [0.4, 0.5) is 5.69 Å². The summed E-state index contributed by atoms with van der Waals surface area (Å²) in [4.78, 5) is 14.7. The first-order valence-corrected chi connectivity index (χ1v) is 7.78. The number of likely N-dealkylation sites (tertiary alicyclic amines) is 1. The zero-order valence-corrected chi connectivity index (χ0v) is 13.3. The topological polar surface area (TPSA) is 41.6 Å². The molecule has 0 radical (unpaired) electrons. The third-order valence-electron chi connectivity index (χ3n) is 4.08. The average Bonchev–Trinajstić information content (AvgIpc) is 2.50. The number of ether oxygens (including phenoxy) is 1. The van der Waals surface area contributed by atoms with Gasteiger partial charge in [0.1, 0.15) is 0 Å². The predicted octanol–water partition coefficient (Wildman–Crippen LogP) is 2.93. The lowest BCUT2D eigenvalue weighted by Crippen LogP contribution is -2.39. The van der Waals surface area contributed by atoms with Gasteiger partial charge < -0.3 is 15.0 Å². The van der Waals surface area contributed by atoms with Crippen molar-refractivity contribution in [1.29, 1.82) is 0 Å². The maximum absolute atomic E-state index is 12.8. The number of hydrogen-bond acceptors (Lipinski definition) is 3. The molecule has 1 aromatic carbocycles. The van der Waals surface area contributed by atoms with Gasteiger partial charge >= 0.3 is 0 Å². The second-order valence-corrected chi connectivity index (χ2v) is 5.77. The number of rotatable bonds is 5. The maximum atomic E-state index is 12.8. The van der Waals surface area contributed by atoms with Gasteiger partial charge in [-0.2, -0.15) is 0 Å². The highest BCUT2D eigenvalue weighted by atomic mass is 16.5. The first-order valence-electron chi connectivity index (χ1n) is 7.78. The van der Waals surface area contributed by atoms with Crippen LogP contribution in [0.15, 0.2) is 18.2 Å². The van der Waals surface area contributed by atoms with Crippen LogP contribution in [0.25, 0.3) is 0 Å². The monoisotopic (exact) mass is 290 g/mol. The summed E-state index contributed by atoms with van der Waals surface area (Å²) < 4.78 is 5.22. The van der Waals surface area contributed by atoms with E-state index in [4.69, 9.17) is 4.74 Å². The molecule has 0 aliphatic carbocycles. The lowest BCUT2D eigenvalue weighted by molar-refractivity contribution is 0.0614. The number of carbonyl (C=O) groups excluding carboxylic acids is 1. The molecular weight excluding hydrogens is 264 g/mol. The molecule has 1 aliphatic rings. The summed E-state index contributed by atoms with van der Waals surface area (Å²) in [7, 11) is 1.74. The highest BCUT2D eigenvalue weighted by molar-refractivity contribution is 5.99. The van der Waals surface area contributed by atoms with Crippen molar-refractivity contribution in [2.24, 2.45) is 5.92 Å². The van der Waals surface area contributed by atoms with Crippen molar-refractivity contribution in [2.75, 3.05) is 38.7 Å². The predicted molar refractivity (Wildman–Crippen MR) is 85.8 cm³/mol. The molecule has 116 valence electrons. The van der Waals surface area contributed by atoms with E-state index in [0.29, 0.717) is 5.92 Å². The Labute approximate surface area is 127 Å². The van der Waals surface area contributed by atoms with Crippen molar-refractivity contribution in [3.63, 3.8) is 0 Å². The summed E-state index contributed by atoms with van der Waals surface area (Å²) in [5, 5.41) is 3.28. The number of aryl methyl sites for hydroxylation is 1. The standard InChI is InChI=1S/C17H26N2O2/c1-4-18-16-6-5-13(2)11-15(16)17(20)19-9-7-14(8-10-19)12-21-3/h5-6,11,14,18H,4,7-10,12H2,1-3H3. The Bertz CT molecular complexity index is 480. The largest absolute Gasteiger partial charge is 0.385 e. The number of anilines is 1. The minimum atomic E-state index is 0.144. The molecule has 21 heavy (non-hydrogen) atoms. The van der Waals surface area contributed by atoms with Crippen LogP contribution in [0, 0.1) is 12.8 Å². The van der Waals surface area contributed by atoms with Gasteiger partial charge in [0.25, 0.3) is 5.91 Å². The van der Waals surface area contributed by atoms with Crippen LogP contribution < -0.4 is 5.32 Å². The summed E-state index contributed by atoms with van der Waals surface area (Å²) in [6.45, 7) is 7.34. The Balaban J connectivity index is 2.08. The van der Waals surface area contributed by atoms with E-state index in [0.717, 1.165) is 55.9 Å². The molecule has 1 heterocycles. The molecular formula is C17H26N2O2. The molecule has 0 bridgehead atoms. The smallest absolute Gasteiger partial charge is 0.255 e. The zero-order valence-electron chi connectivity index (χ0n) is 13.3. The molecule has 4 heteroatoms. The number of benzene rings is 1. The van der Waals surface area contributed by atoms with Crippen LogP contribution in [-0.4, -0.2) is 44.2 Å². The normalized spacial score (nSPS) is 16.0. The number of nitrogens with zero attached hydrogens (tertiary/aromatic N) is 1. The second-order valence-electron chi connectivity index (χ2n) is 5.77. The number of carbonyl (C=O) groups is 1. The van der Waals surface area contributed by atoms with Crippen LogP contribution in [0.3, 0.4) is 0 Å². The quantitative estimate of drug-likeness (QED) is 0.906. The molecule has 4 nitrogen and oxygen atoms in total. The first-order chi connectivity index (χ1) is 10.2. The van der Waals surface area contributed by atoms with Gasteiger partial charge in [0.05, 0.1) is 5.56 Å². The molecule has 1 N–H and O–H groups in total. The fraction of sp³-hybridized carbons (Fsp3) is 0.588. The van der Waals surface area contributed by atoms with E-state index in [2.05, 4.69) is 5.32 Å². The van der Waals surface area contributed by atoms with Crippen LogP contribution in [0.5, 0.6) is 0 Å². The highest BCUT2D eigenvalue weighted by Crippen LogP contribution is 2.23.